The van der Waals surface area contributed by atoms with Gasteiger partial charge in [-0.3, -0.25) is 4.79 Å². The standard InChI is InChI=1S/C28H36N2O4/c1-4-28(32)14-11-24-22-8-7-19-16-20(9-12-26(19,2)23(22)10-13-27(24,28)3)30-34-18-25(31)29-17-21-6-5-15-33-21/h1,5-6,15-16,22-24,32H,7-14,17-18H2,2-3H3,(H,29,31)/t22-,23-,24-,26+,27-,28-/m1/s1. The molecule has 1 amide bonds. The zero-order chi connectivity index (χ0) is 24.0. The van der Waals surface area contributed by atoms with Gasteiger partial charge in [0.1, 0.15) is 11.4 Å². The second-order valence-electron chi connectivity index (χ2n) is 11.2. The van der Waals surface area contributed by atoms with Crippen LogP contribution in [0.1, 0.15) is 71.0 Å². The SMILES string of the molecule is C#C[C@@]1(O)CC[C@@H]2[C@@H]3CCC4=CC(=NOCC(=O)NCc5ccco5)CC[C@]4(C)[C@@H]3CC[C@]21C. The third kappa shape index (κ3) is 3.69. The predicted molar refractivity (Wildman–Crippen MR) is 129 cm³/mol. The first-order chi connectivity index (χ1) is 16.3. The molecule has 0 aromatic carbocycles. The van der Waals surface area contributed by atoms with Gasteiger partial charge in [-0.1, -0.05) is 30.5 Å². The molecule has 0 radical (unpaired) electrons. The van der Waals surface area contributed by atoms with Crippen molar-refractivity contribution in [3.8, 4) is 12.3 Å². The van der Waals surface area contributed by atoms with E-state index in [4.69, 9.17) is 15.7 Å². The summed E-state index contributed by atoms with van der Waals surface area (Å²) < 4.78 is 5.21. The van der Waals surface area contributed by atoms with E-state index in [2.05, 4.69) is 36.3 Å². The molecule has 6 atom stereocenters. The molecule has 34 heavy (non-hydrogen) atoms. The van der Waals surface area contributed by atoms with E-state index in [0.29, 0.717) is 30.1 Å². The van der Waals surface area contributed by atoms with E-state index in [9.17, 15) is 9.90 Å². The molecule has 0 saturated heterocycles. The summed E-state index contributed by atoms with van der Waals surface area (Å²) in [6.45, 7) is 4.91. The normalized spacial score (nSPS) is 39.9. The fourth-order valence-electron chi connectivity index (χ4n) is 7.72. The van der Waals surface area contributed by atoms with Gasteiger partial charge in [0.25, 0.3) is 5.91 Å². The topological polar surface area (TPSA) is 84.1 Å². The molecular weight excluding hydrogens is 428 g/mol. The van der Waals surface area contributed by atoms with E-state index in [1.807, 2.05) is 6.07 Å². The Kier molecular flexibility index (Phi) is 5.88. The zero-order valence-corrected chi connectivity index (χ0v) is 20.3. The van der Waals surface area contributed by atoms with Crippen molar-refractivity contribution in [2.75, 3.05) is 6.61 Å². The monoisotopic (exact) mass is 464 g/mol. The average Bonchev–Trinajstić information content (AvgIpc) is 3.44. The molecule has 1 aromatic rings. The summed E-state index contributed by atoms with van der Waals surface area (Å²) in [5, 5.41) is 18.2. The molecule has 0 unspecified atom stereocenters. The first kappa shape index (κ1) is 23.2. The van der Waals surface area contributed by atoms with Gasteiger partial charge in [-0.05, 0) is 92.7 Å². The van der Waals surface area contributed by atoms with Crippen molar-refractivity contribution in [1.82, 2.24) is 5.32 Å². The Morgan fingerprint density at radius 2 is 2.09 bits per heavy atom. The Hall–Kier alpha value is -2.52. The number of rotatable bonds is 5. The molecule has 3 saturated carbocycles. The lowest BCUT2D eigenvalue weighted by Crippen LogP contribution is -2.54. The highest BCUT2D eigenvalue weighted by Crippen LogP contribution is 2.67. The van der Waals surface area contributed by atoms with Crippen LogP contribution in [0.15, 0.2) is 39.6 Å². The Bertz CT molecular complexity index is 1040. The lowest BCUT2D eigenvalue weighted by molar-refractivity contribution is -0.125. The van der Waals surface area contributed by atoms with Gasteiger partial charge in [0, 0.05) is 5.41 Å². The van der Waals surface area contributed by atoms with Crippen molar-refractivity contribution >= 4 is 11.6 Å². The van der Waals surface area contributed by atoms with E-state index in [-0.39, 0.29) is 23.3 Å². The molecule has 4 aliphatic carbocycles. The number of fused-ring (bicyclic) bond motifs is 5. The highest BCUT2D eigenvalue weighted by Gasteiger charge is 2.63. The molecule has 6 nitrogen and oxygen atoms in total. The van der Waals surface area contributed by atoms with Crippen LogP contribution in [0, 0.1) is 40.9 Å². The Morgan fingerprint density at radius 3 is 2.85 bits per heavy atom. The van der Waals surface area contributed by atoms with Crippen molar-refractivity contribution in [3.63, 3.8) is 0 Å². The molecule has 182 valence electrons. The molecule has 0 aliphatic heterocycles. The van der Waals surface area contributed by atoms with Crippen LogP contribution in [0.5, 0.6) is 0 Å². The zero-order valence-electron chi connectivity index (χ0n) is 20.3. The minimum atomic E-state index is -0.951. The molecule has 4 aliphatic rings. The van der Waals surface area contributed by atoms with Gasteiger partial charge in [0.15, 0.2) is 6.61 Å². The van der Waals surface area contributed by atoms with E-state index in [0.717, 1.165) is 57.1 Å². The maximum Gasteiger partial charge on any atom is 0.261 e. The fourth-order valence-corrected chi connectivity index (χ4v) is 7.72. The molecule has 1 aromatic heterocycles. The number of hydrogen-bond acceptors (Lipinski definition) is 5. The minimum Gasteiger partial charge on any atom is -0.467 e. The van der Waals surface area contributed by atoms with Gasteiger partial charge < -0.3 is 19.7 Å². The number of amides is 1. The maximum absolute atomic E-state index is 12.0. The number of nitrogens with zero attached hydrogens (tertiary/aromatic N) is 1. The molecule has 0 bridgehead atoms. The summed E-state index contributed by atoms with van der Waals surface area (Å²) in [7, 11) is 0. The summed E-state index contributed by atoms with van der Waals surface area (Å²) in [4.78, 5) is 17.4. The minimum absolute atomic E-state index is 0.103. The van der Waals surface area contributed by atoms with Crippen LogP contribution in [0.25, 0.3) is 0 Å². The second kappa shape index (κ2) is 8.61. The fraction of sp³-hybridized carbons (Fsp3) is 0.643. The highest BCUT2D eigenvalue weighted by atomic mass is 16.6. The van der Waals surface area contributed by atoms with Crippen LogP contribution >= 0.6 is 0 Å². The van der Waals surface area contributed by atoms with Crippen LogP contribution in [-0.2, 0) is 16.2 Å². The molecule has 5 rings (SSSR count). The number of carbonyl (C=O) groups excluding carboxylic acids is 1. The van der Waals surface area contributed by atoms with E-state index in [1.165, 1.54) is 5.57 Å². The number of terminal acetylenes is 1. The Labute approximate surface area is 202 Å². The quantitative estimate of drug-likeness (QED) is 0.493. The maximum atomic E-state index is 12.0. The molecule has 6 heteroatoms. The molecule has 0 spiro atoms. The van der Waals surface area contributed by atoms with Crippen molar-refractivity contribution < 1.29 is 19.2 Å². The number of carbonyl (C=O) groups is 1. The number of oxime groups is 1. The van der Waals surface area contributed by atoms with Gasteiger partial charge in [-0.2, -0.15) is 0 Å². The first-order valence-electron chi connectivity index (χ1n) is 12.7. The molecule has 3 fully saturated rings. The summed E-state index contributed by atoms with van der Waals surface area (Å²) in [5.41, 5.74) is 1.45. The lowest BCUT2D eigenvalue weighted by Gasteiger charge is -2.58. The summed E-state index contributed by atoms with van der Waals surface area (Å²) in [6, 6.07) is 3.61. The van der Waals surface area contributed by atoms with Gasteiger partial charge >= 0.3 is 0 Å². The van der Waals surface area contributed by atoms with E-state index >= 15 is 0 Å². The van der Waals surface area contributed by atoms with Crippen LogP contribution in [0.3, 0.4) is 0 Å². The number of aliphatic hydroxyl groups is 1. The largest absolute Gasteiger partial charge is 0.467 e. The number of allylic oxidation sites excluding steroid dienone is 2. The van der Waals surface area contributed by atoms with Gasteiger partial charge in [0.05, 0.1) is 18.5 Å². The molecule has 2 N–H and O–H groups in total. The highest BCUT2D eigenvalue weighted by molar-refractivity contribution is 5.96. The van der Waals surface area contributed by atoms with Crippen molar-refractivity contribution in [1.29, 1.82) is 0 Å². The first-order valence-corrected chi connectivity index (χ1v) is 12.7. The smallest absolute Gasteiger partial charge is 0.261 e. The lowest BCUT2D eigenvalue weighted by atomic mass is 9.46. The number of hydrogen-bond donors (Lipinski definition) is 2. The second-order valence-corrected chi connectivity index (χ2v) is 11.2. The number of nitrogens with one attached hydrogen (secondary N) is 1. The van der Waals surface area contributed by atoms with Gasteiger partial charge in [0.2, 0.25) is 0 Å². The van der Waals surface area contributed by atoms with Crippen LogP contribution in [-0.4, -0.2) is 28.9 Å². The van der Waals surface area contributed by atoms with Gasteiger partial charge in [-0.25, -0.2) is 0 Å². The van der Waals surface area contributed by atoms with Crippen LogP contribution in [0.4, 0.5) is 0 Å². The van der Waals surface area contributed by atoms with Crippen molar-refractivity contribution in [2.24, 2.45) is 33.7 Å². The average molecular weight is 465 g/mol. The van der Waals surface area contributed by atoms with Crippen LogP contribution in [0.2, 0.25) is 0 Å². The van der Waals surface area contributed by atoms with E-state index in [1.54, 1.807) is 12.3 Å². The summed E-state index contributed by atoms with van der Waals surface area (Å²) >= 11 is 0. The number of furan rings is 1. The summed E-state index contributed by atoms with van der Waals surface area (Å²) in [5.74, 6) is 5.01. The summed E-state index contributed by atoms with van der Waals surface area (Å²) in [6.07, 6.45) is 17.6. The third-order valence-electron chi connectivity index (χ3n) is 9.79. The predicted octanol–water partition coefficient (Wildman–Crippen LogP) is 4.60. The van der Waals surface area contributed by atoms with E-state index < -0.39 is 5.60 Å². The van der Waals surface area contributed by atoms with Crippen molar-refractivity contribution in [2.45, 2.75) is 77.4 Å². The molecular formula is C28H36N2O4. The van der Waals surface area contributed by atoms with Crippen LogP contribution < -0.4 is 5.32 Å². The Morgan fingerprint density at radius 1 is 1.26 bits per heavy atom. The molecule has 1 heterocycles. The third-order valence-corrected chi connectivity index (χ3v) is 9.79. The van der Waals surface area contributed by atoms with Crippen molar-refractivity contribution in [3.05, 3.63) is 35.8 Å². The Balaban J connectivity index is 1.22. The van der Waals surface area contributed by atoms with Gasteiger partial charge in [-0.15, -0.1) is 6.42 Å².